The Morgan fingerprint density at radius 2 is 1.88 bits per heavy atom. The number of rotatable bonds is 8. The van der Waals surface area contributed by atoms with Crippen LogP contribution in [0.25, 0.3) is 21.7 Å². The van der Waals surface area contributed by atoms with Gasteiger partial charge in [0.05, 0.1) is 39.6 Å². The van der Waals surface area contributed by atoms with Crippen LogP contribution in [-0.4, -0.2) is 27.1 Å². The highest BCUT2D eigenvalue weighted by Crippen LogP contribution is 2.57. The Morgan fingerprint density at radius 3 is 2.60 bits per heavy atom. The van der Waals surface area contributed by atoms with Crippen molar-refractivity contribution in [1.29, 1.82) is 10.5 Å². The van der Waals surface area contributed by atoms with Crippen LogP contribution in [0.15, 0.2) is 66.9 Å². The van der Waals surface area contributed by atoms with Gasteiger partial charge in [-0.05, 0) is 66.2 Å². The second-order valence-electron chi connectivity index (χ2n) is 13.2. The number of hydrazine groups is 2. The van der Waals surface area contributed by atoms with Gasteiger partial charge in [0.25, 0.3) is 0 Å². The second kappa shape index (κ2) is 10.1. The summed E-state index contributed by atoms with van der Waals surface area (Å²) in [5.74, 6) is 0.743. The fourth-order valence-electron chi connectivity index (χ4n) is 6.30. The zero-order chi connectivity index (χ0) is 29.8. The molecule has 2 saturated carbocycles. The number of fused-ring (bicyclic) bond motifs is 2. The highest BCUT2D eigenvalue weighted by Gasteiger charge is 2.58. The predicted molar refractivity (Wildman–Crippen MR) is 168 cm³/mol. The largest absolute Gasteiger partial charge is 0.383 e. The molecular formula is C34H35N9. The lowest BCUT2D eigenvalue weighted by Crippen LogP contribution is -2.46. The van der Waals surface area contributed by atoms with Crippen LogP contribution in [-0.2, 0) is 0 Å². The first-order valence-electron chi connectivity index (χ1n) is 14.9. The lowest BCUT2D eigenvalue weighted by molar-refractivity contribution is 0.156. The van der Waals surface area contributed by atoms with Crippen LogP contribution in [0.4, 0.5) is 11.4 Å². The average Bonchev–Trinajstić information content (AvgIpc) is 3.95. The van der Waals surface area contributed by atoms with Gasteiger partial charge in [-0.25, -0.2) is 0 Å². The van der Waals surface area contributed by atoms with Crippen molar-refractivity contribution in [3.05, 3.63) is 83.6 Å². The quantitative estimate of drug-likeness (QED) is 0.195. The molecule has 2 aliphatic carbocycles. The van der Waals surface area contributed by atoms with Crippen LogP contribution < -0.4 is 21.6 Å². The van der Waals surface area contributed by atoms with E-state index in [1.165, 1.54) is 25.7 Å². The SMILES string of the molecule is CC(C)(C)CNc1c(C#N)cnc2c(C#N)cc(N[C@H](C3=CN(C4(C5CC5)CC4)NN3)c3cccc4cnccc34)cc12. The highest BCUT2D eigenvalue weighted by atomic mass is 15.7. The summed E-state index contributed by atoms with van der Waals surface area (Å²) in [7, 11) is 0. The van der Waals surface area contributed by atoms with E-state index in [9.17, 15) is 10.5 Å². The lowest BCUT2D eigenvalue weighted by Gasteiger charge is -2.26. The molecule has 2 aromatic heterocycles. The van der Waals surface area contributed by atoms with E-state index in [1.54, 1.807) is 6.20 Å². The number of benzene rings is 2. The van der Waals surface area contributed by atoms with Crippen molar-refractivity contribution in [2.75, 3.05) is 17.2 Å². The first-order chi connectivity index (χ1) is 20.8. The molecular weight excluding hydrogens is 534 g/mol. The third-order valence-corrected chi connectivity index (χ3v) is 8.82. The van der Waals surface area contributed by atoms with Crippen molar-refractivity contribution in [1.82, 2.24) is 25.9 Å². The van der Waals surface area contributed by atoms with E-state index in [2.05, 4.69) is 93.9 Å². The maximum atomic E-state index is 10.2. The fourth-order valence-corrected chi connectivity index (χ4v) is 6.30. The van der Waals surface area contributed by atoms with Gasteiger partial charge in [-0.15, -0.1) is 5.53 Å². The van der Waals surface area contributed by atoms with Gasteiger partial charge in [0.1, 0.15) is 12.1 Å². The van der Waals surface area contributed by atoms with Crippen LogP contribution in [0, 0.1) is 34.0 Å². The Morgan fingerprint density at radius 1 is 1.07 bits per heavy atom. The minimum atomic E-state index is -0.263. The minimum Gasteiger partial charge on any atom is -0.383 e. The summed E-state index contributed by atoms with van der Waals surface area (Å²) >= 11 is 0. The first-order valence-corrected chi connectivity index (χ1v) is 14.9. The van der Waals surface area contributed by atoms with Crippen LogP contribution in [0.1, 0.15) is 69.2 Å². The number of nitrogens with one attached hydrogen (secondary N) is 4. The van der Waals surface area contributed by atoms with Crippen molar-refractivity contribution in [3.8, 4) is 12.1 Å². The summed E-state index contributed by atoms with van der Waals surface area (Å²) in [6.07, 6.45) is 12.4. The number of pyridine rings is 2. The smallest absolute Gasteiger partial charge is 0.103 e. The molecule has 3 aliphatic rings. The monoisotopic (exact) mass is 569 g/mol. The van der Waals surface area contributed by atoms with Crippen LogP contribution in [0.2, 0.25) is 0 Å². The zero-order valence-electron chi connectivity index (χ0n) is 24.7. The van der Waals surface area contributed by atoms with Gasteiger partial charge in [0.2, 0.25) is 0 Å². The van der Waals surface area contributed by atoms with Gasteiger partial charge in [-0.1, -0.05) is 39.0 Å². The zero-order valence-corrected chi connectivity index (χ0v) is 24.7. The highest BCUT2D eigenvalue weighted by molar-refractivity contribution is 5.99. The summed E-state index contributed by atoms with van der Waals surface area (Å²) in [4.78, 5) is 8.87. The Balaban J connectivity index is 1.34. The molecule has 0 amide bonds. The van der Waals surface area contributed by atoms with Crippen LogP contribution in [0.3, 0.4) is 0 Å². The van der Waals surface area contributed by atoms with Crippen molar-refractivity contribution in [3.63, 3.8) is 0 Å². The molecule has 2 aromatic carbocycles. The Kier molecular flexibility index (Phi) is 6.37. The maximum Gasteiger partial charge on any atom is 0.103 e. The lowest BCUT2D eigenvalue weighted by atomic mass is 9.96. The minimum absolute atomic E-state index is 0.0105. The number of nitriles is 2. The standard InChI is InChI=1S/C34H35N9/c1-33(2,3)20-39-31-23(16-36)18-38-30-22(15-35)13-25(14-28(30)31)40-32(27-6-4-5-21-17-37-12-9-26(21)27)29-19-43(42-41-29)34(10-11-34)24-7-8-24/h4-6,9,12-14,17-19,24,32,40-42H,7-8,10-11,20H2,1-3H3,(H,38,39)/t32-/m0/s1. The molecule has 4 N–H and O–H groups in total. The second-order valence-corrected chi connectivity index (χ2v) is 13.2. The van der Waals surface area contributed by atoms with E-state index in [-0.39, 0.29) is 17.0 Å². The molecule has 216 valence electrons. The predicted octanol–water partition coefficient (Wildman–Crippen LogP) is 6.25. The van der Waals surface area contributed by atoms with E-state index in [4.69, 9.17) is 0 Å². The molecule has 0 bridgehead atoms. The van der Waals surface area contributed by atoms with E-state index in [1.807, 2.05) is 30.6 Å². The molecule has 0 radical (unpaired) electrons. The van der Waals surface area contributed by atoms with Crippen molar-refractivity contribution in [2.24, 2.45) is 11.3 Å². The number of nitrogens with zero attached hydrogens (tertiary/aromatic N) is 5. The van der Waals surface area contributed by atoms with Crippen LogP contribution >= 0.6 is 0 Å². The van der Waals surface area contributed by atoms with Crippen molar-refractivity contribution in [2.45, 2.75) is 58.0 Å². The van der Waals surface area contributed by atoms with Gasteiger partial charge in [0, 0.05) is 47.8 Å². The molecule has 0 saturated heterocycles. The molecule has 3 heterocycles. The summed E-state index contributed by atoms with van der Waals surface area (Å²) < 4.78 is 0. The van der Waals surface area contributed by atoms with E-state index >= 15 is 0 Å². The fraction of sp³-hybridized carbons (Fsp3) is 0.353. The van der Waals surface area contributed by atoms with Gasteiger partial charge < -0.3 is 16.1 Å². The summed E-state index contributed by atoms with van der Waals surface area (Å²) in [6.45, 7) is 7.08. The molecule has 43 heavy (non-hydrogen) atoms. The number of anilines is 2. The van der Waals surface area contributed by atoms with E-state index < -0.39 is 0 Å². The molecule has 2 fully saturated rings. The Hall–Kier alpha value is -4.86. The maximum absolute atomic E-state index is 10.2. The summed E-state index contributed by atoms with van der Waals surface area (Å²) in [5, 5.41) is 32.5. The number of hydrogen-bond donors (Lipinski definition) is 4. The topological polar surface area (TPSA) is 125 Å². The average molecular weight is 570 g/mol. The number of aromatic nitrogens is 2. The van der Waals surface area contributed by atoms with Crippen molar-refractivity contribution < 1.29 is 0 Å². The van der Waals surface area contributed by atoms with Gasteiger partial charge in [-0.3, -0.25) is 15.0 Å². The summed E-state index contributed by atoms with van der Waals surface area (Å²) in [6, 6.07) is 16.5. The molecule has 0 unspecified atom stereocenters. The Labute approximate surface area is 251 Å². The van der Waals surface area contributed by atoms with E-state index in [0.717, 1.165) is 39.0 Å². The van der Waals surface area contributed by atoms with Crippen LogP contribution in [0.5, 0.6) is 0 Å². The van der Waals surface area contributed by atoms with Gasteiger partial charge in [-0.2, -0.15) is 10.5 Å². The number of hydrogen-bond acceptors (Lipinski definition) is 9. The molecule has 1 aliphatic heterocycles. The molecule has 7 rings (SSSR count). The normalized spacial score (nSPS) is 18.0. The first kappa shape index (κ1) is 27.0. The third-order valence-electron chi connectivity index (χ3n) is 8.82. The van der Waals surface area contributed by atoms with Gasteiger partial charge >= 0.3 is 0 Å². The van der Waals surface area contributed by atoms with Gasteiger partial charge in [0.15, 0.2) is 0 Å². The molecule has 0 spiro atoms. The summed E-state index contributed by atoms with van der Waals surface area (Å²) in [5.41, 5.74) is 12.1. The molecule has 9 heteroatoms. The molecule has 9 nitrogen and oxygen atoms in total. The van der Waals surface area contributed by atoms with Crippen molar-refractivity contribution >= 4 is 33.1 Å². The third kappa shape index (κ3) is 4.96. The molecule has 4 aromatic rings. The van der Waals surface area contributed by atoms with E-state index in [0.29, 0.717) is 28.9 Å². The molecule has 1 atom stereocenters. The Bertz CT molecular complexity index is 1840.